The van der Waals surface area contributed by atoms with E-state index in [-0.39, 0.29) is 17.8 Å². The van der Waals surface area contributed by atoms with Gasteiger partial charge >= 0.3 is 5.97 Å². The SMILES string of the molecule is Cc1ccc(C(c2ccc(F)cc2)N2CCCC(C(=O)O)C2)nc1. The van der Waals surface area contributed by atoms with E-state index < -0.39 is 5.97 Å². The van der Waals surface area contributed by atoms with Crippen LogP contribution in [0.15, 0.2) is 42.6 Å². The van der Waals surface area contributed by atoms with E-state index in [2.05, 4.69) is 9.88 Å². The minimum Gasteiger partial charge on any atom is -0.481 e. The second-order valence-corrected chi connectivity index (χ2v) is 6.39. The lowest BCUT2D eigenvalue weighted by Crippen LogP contribution is -2.41. The minimum absolute atomic E-state index is 0.159. The maximum Gasteiger partial charge on any atom is 0.307 e. The number of piperidine rings is 1. The lowest BCUT2D eigenvalue weighted by Gasteiger charge is -2.37. The van der Waals surface area contributed by atoms with Gasteiger partial charge in [-0.15, -0.1) is 0 Å². The highest BCUT2D eigenvalue weighted by atomic mass is 19.1. The molecule has 0 aliphatic carbocycles. The molecule has 0 spiro atoms. The molecule has 2 atom stereocenters. The van der Waals surface area contributed by atoms with Crippen LogP contribution in [-0.2, 0) is 4.79 Å². The summed E-state index contributed by atoms with van der Waals surface area (Å²) in [5.41, 5.74) is 2.86. The molecule has 2 heterocycles. The average molecular weight is 328 g/mol. The highest BCUT2D eigenvalue weighted by molar-refractivity contribution is 5.70. The summed E-state index contributed by atoms with van der Waals surface area (Å²) in [6.45, 7) is 3.26. The normalized spacial score (nSPS) is 19.8. The van der Waals surface area contributed by atoms with Crippen molar-refractivity contribution in [3.63, 3.8) is 0 Å². The minimum atomic E-state index is -0.755. The Balaban J connectivity index is 1.96. The summed E-state index contributed by atoms with van der Waals surface area (Å²) in [5, 5.41) is 9.36. The van der Waals surface area contributed by atoms with Gasteiger partial charge in [-0.05, 0) is 55.6 Å². The summed E-state index contributed by atoms with van der Waals surface area (Å²) in [6.07, 6.45) is 3.34. The molecule has 2 aromatic rings. The van der Waals surface area contributed by atoms with Crippen LogP contribution in [-0.4, -0.2) is 34.0 Å². The van der Waals surface area contributed by atoms with Crippen LogP contribution in [0.2, 0.25) is 0 Å². The first-order chi connectivity index (χ1) is 11.5. The van der Waals surface area contributed by atoms with Gasteiger partial charge in [-0.25, -0.2) is 4.39 Å². The second kappa shape index (κ2) is 7.09. The summed E-state index contributed by atoms with van der Waals surface area (Å²) >= 11 is 0. The predicted octanol–water partition coefficient (Wildman–Crippen LogP) is 3.42. The highest BCUT2D eigenvalue weighted by Crippen LogP contribution is 2.31. The van der Waals surface area contributed by atoms with Gasteiger partial charge in [0.25, 0.3) is 0 Å². The van der Waals surface area contributed by atoms with Gasteiger partial charge in [0.2, 0.25) is 0 Å². The number of rotatable bonds is 4. The predicted molar refractivity (Wildman–Crippen MR) is 89.1 cm³/mol. The number of hydrogen-bond acceptors (Lipinski definition) is 3. The summed E-state index contributed by atoms with van der Waals surface area (Å²) < 4.78 is 13.3. The fourth-order valence-corrected chi connectivity index (χ4v) is 3.30. The monoisotopic (exact) mass is 328 g/mol. The van der Waals surface area contributed by atoms with Crippen molar-refractivity contribution in [2.45, 2.75) is 25.8 Å². The van der Waals surface area contributed by atoms with Crippen LogP contribution in [0.5, 0.6) is 0 Å². The van der Waals surface area contributed by atoms with Crippen molar-refractivity contribution < 1.29 is 14.3 Å². The molecule has 1 aromatic carbocycles. The largest absolute Gasteiger partial charge is 0.481 e. The highest BCUT2D eigenvalue weighted by Gasteiger charge is 2.31. The Bertz CT molecular complexity index is 655. The number of nitrogens with zero attached hydrogens (tertiary/aromatic N) is 2. The van der Waals surface area contributed by atoms with Gasteiger partial charge in [-0.3, -0.25) is 14.7 Å². The van der Waals surface area contributed by atoms with Crippen LogP contribution in [0.3, 0.4) is 0 Å². The lowest BCUT2D eigenvalue weighted by atomic mass is 9.93. The molecule has 1 aliphatic heterocycles. The van der Waals surface area contributed by atoms with Crippen molar-refractivity contribution in [3.05, 3.63) is 65.2 Å². The molecule has 1 aromatic heterocycles. The van der Waals surface area contributed by atoms with Crippen molar-refractivity contribution in [1.29, 1.82) is 0 Å². The van der Waals surface area contributed by atoms with Crippen LogP contribution in [0.4, 0.5) is 4.39 Å². The first kappa shape index (κ1) is 16.6. The van der Waals surface area contributed by atoms with Crippen molar-refractivity contribution in [1.82, 2.24) is 9.88 Å². The molecule has 0 amide bonds. The van der Waals surface area contributed by atoms with Gasteiger partial charge in [-0.1, -0.05) is 18.2 Å². The molecular weight excluding hydrogens is 307 g/mol. The molecule has 1 aliphatic rings. The number of carboxylic acids is 1. The number of likely N-dealkylation sites (tertiary alicyclic amines) is 1. The van der Waals surface area contributed by atoms with Crippen LogP contribution in [0.25, 0.3) is 0 Å². The number of aromatic nitrogens is 1. The molecule has 1 N–H and O–H groups in total. The molecule has 3 rings (SSSR count). The van der Waals surface area contributed by atoms with Gasteiger partial charge in [0, 0.05) is 12.7 Å². The van der Waals surface area contributed by atoms with Gasteiger partial charge in [0.15, 0.2) is 0 Å². The van der Waals surface area contributed by atoms with Crippen LogP contribution in [0, 0.1) is 18.7 Å². The van der Waals surface area contributed by atoms with E-state index in [1.54, 1.807) is 12.1 Å². The van der Waals surface area contributed by atoms with Crippen LogP contribution in [0.1, 0.15) is 35.7 Å². The third-order valence-corrected chi connectivity index (χ3v) is 4.57. The van der Waals surface area contributed by atoms with E-state index in [1.165, 1.54) is 12.1 Å². The second-order valence-electron chi connectivity index (χ2n) is 6.39. The summed E-state index contributed by atoms with van der Waals surface area (Å²) in [7, 11) is 0. The van der Waals surface area contributed by atoms with Crippen molar-refractivity contribution >= 4 is 5.97 Å². The third kappa shape index (κ3) is 3.62. The molecule has 4 nitrogen and oxygen atoms in total. The maximum absolute atomic E-state index is 13.3. The Morgan fingerprint density at radius 2 is 2.04 bits per heavy atom. The van der Waals surface area contributed by atoms with Gasteiger partial charge < -0.3 is 5.11 Å². The molecule has 0 bridgehead atoms. The number of halogens is 1. The van der Waals surface area contributed by atoms with E-state index in [1.807, 2.05) is 25.3 Å². The zero-order valence-corrected chi connectivity index (χ0v) is 13.7. The Morgan fingerprint density at radius 3 is 2.67 bits per heavy atom. The Hall–Kier alpha value is -2.27. The quantitative estimate of drug-likeness (QED) is 0.934. The molecule has 0 saturated carbocycles. The number of benzene rings is 1. The van der Waals surface area contributed by atoms with Crippen molar-refractivity contribution in [2.24, 2.45) is 5.92 Å². The Labute approximate surface area is 141 Å². The number of hydrogen-bond donors (Lipinski definition) is 1. The van der Waals surface area contributed by atoms with E-state index >= 15 is 0 Å². The fraction of sp³-hybridized carbons (Fsp3) is 0.368. The standard InChI is InChI=1S/C19H21FN2O2/c1-13-4-9-17(21-11-13)18(14-5-7-16(20)8-6-14)22-10-2-3-15(12-22)19(23)24/h4-9,11,15,18H,2-3,10,12H2,1H3,(H,23,24). The Kier molecular flexibility index (Phi) is 4.90. The zero-order chi connectivity index (χ0) is 17.1. The van der Waals surface area contributed by atoms with Crippen LogP contribution >= 0.6 is 0 Å². The van der Waals surface area contributed by atoms with Crippen molar-refractivity contribution in [3.8, 4) is 0 Å². The zero-order valence-electron chi connectivity index (χ0n) is 13.7. The Morgan fingerprint density at radius 1 is 1.29 bits per heavy atom. The van der Waals surface area contributed by atoms with Crippen molar-refractivity contribution in [2.75, 3.05) is 13.1 Å². The molecule has 1 fully saturated rings. The van der Waals surface area contributed by atoms with Gasteiger partial charge in [0.1, 0.15) is 5.82 Å². The number of carbonyl (C=O) groups is 1. The van der Waals surface area contributed by atoms with Crippen LogP contribution < -0.4 is 0 Å². The summed E-state index contributed by atoms with van der Waals surface area (Å²) in [4.78, 5) is 18.1. The molecule has 2 unspecified atom stereocenters. The number of pyridine rings is 1. The third-order valence-electron chi connectivity index (χ3n) is 4.57. The number of aliphatic carboxylic acids is 1. The smallest absolute Gasteiger partial charge is 0.307 e. The topological polar surface area (TPSA) is 53.4 Å². The molecule has 0 radical (unpaired) electrons. The van der Waals surface area contributed by atoms with E-state index in [9.17, 15) is 14.3 Å². The van der Waals surface area contributed by atoms with E-state index in [0.717, 1.165) is 29.8 Å². The number of carboxylic acid groups (broad SMARTS) is 1. The first-order valence-electron chi connectivity index (χ1n) is 8.19. The number of aryl methyl sites for hydroxylation is 1. The molecular formula is C19H21FN2O2. The molecule has 126 valence electrons. The summed E-state index contributed by atoms with van der Waals surface area (Å²) in [5.74, 6) is -1.40. The molecule has 24 heavy (non-hydrogen) atoms. The molecule has 1 saturated heterocycles. The average Bonchev–Trinajstić information content (AvgIpc) is 2.59. The van der Waals surface area contributed by atoms with Gasteiger partial charge in [-0.2, -0.15) is 0 Å². The fourth-order valence-electron chi connectivity index (χ4n) is 3.30. The maximum atomic E-state index is 13.3. The molecule has 5 heteroatoms. The summed E-state index contributed by atoms with van der Waals surface area (Å²) in [6, 6.07) is 10.2. The van der Waals surface area contributed by atoms with E-state index in [0.29, 0.717) is 13.0 Å². The van der Waals surface area contributed by atoms with E-state index in [4.69, 9.17) is 0 Å². The lowest BCUT2D eigenvalue weighted by molar-refractivity contribution is -0.143. The first-order valence-corrected chi connectivity index (χ1v) is 8.19. The van der Waals surface area contributed by atoms with Gasteiger partial charge in [0.05, 0.1) is 17.7 Å².